The predicted molar refractivity (Wildman–Crippen MR) is 82.9 cm³/mol. The van der Waals surface area contributed by atoms with Crippen molar-refractivity contribution in [3.8, 4) is 0 Å². The van der Waals surface area contributed by atoms with Crippen LogP contribution in [0.2, 0.25) is 1.41 Å². The third-order valence-corrected chi connectivity index (χ3v) is 2.98. The van der Waals surface area contributed by atoms with E-state index in [2.05, 4.69) is 42.9 Å². The summed E-state index contributed by atoms with van der Waals surface area (Å²) in [6.45, 7) is 6.64. The fourth-order valence-corrected chi connectivity index (χ4v) is 2.10. The highest BCUT2D eigenvalue weighted by Crippen LogP contribution is 2.01. The Morgan fingerprint density at radius 3 is 2.00 bits per heavy atom. The lowest BCUT2D eigenvalue weighted by atomic mass is 10.2. The van der Waals surface area contributed by atoms with Crippen molar-refractivity contribution in [2.24, 2.45) is 5.73 Å². The molecule has 0 saturated carbocycles. The molecule has 120 valence electrons. The van der Waals surface area contributed by atoms with Gasteiger partial charge in [-0.3, -0.25) is 4.90 Å². The molecule has 0 spiro atoms. The van der Waals surface area contributed by atoms with Crippen LogP contribution in [-0.2, 0) is 4.74 Å². The molecule has 1 atom stereocenters. The summed E-state index contributed by atoms with van der Waals surface area (Å²) >= 11 is 0. The summed E-state index contributed by atoms with van der Waals surface area (Å²) in [6.07, 6.45) is 1.27. The summed E-state index contributed by atoms with van der Waals surface area (Å²) in [5.74, 6) is 0. The molecule has 1 amide bonds. The molecular formula is C14H32N4O2. The van der Waals surface area contributed by atoms with Crippen LogP contribution >= 0.6 is 0 Å². The van der Waals surface area contributed by atoms with Crippen LogP contribution in [0.15, 0.2) is 0 Å². The van der Waals surface area contributed by atoms with Gasteiger partial charge in [-0.1, -0.05) is 0 Å². The average molecular weight is 289 g/mol. The molecule has 0 radical (unpaired) electrons. The predicted octanol–water partition coefficient (Wildman–Crippen LogP) is 0.676. The zero-order valence-electron chi connectivity index (χ0n) is 14.7. The second-order valence-corrected chi connectivity index (χ2v) is 5.83. The summed E-state index contributed by atoms with van der Waals surface area (Å²) in [5.41, 5.74) is 1.74. The van der Waals surface area contributed by atoms with E-state index in [1.807, 2.05) is 6.92 Å². The van der Waals surface area contributed by atoms with Crippen molar-refractivity contribution in [1.82, 2.24) is 14.7 Å². The molecule has 0 aromatic rings. The quantitative estimate of drug-likeness (QED) is 0.606. The minimum absolute atomic E-state index is 0.214. The van der Waals surface area contributed by atoms with Crippen LogP contribution < -0.4 is 5.73 Å². The molecule has 6 nitrogen and oxygen atoms in total. The van der Waals surface area contributed by atoms with Gasteiger partial charge in [0.15, 0.2) is 1.41 Å². The summed E-state index contributed by atoms with van der Waals surface area (Å²) in [7, 11) is 8.28. The number of amides is 1. The minimum atomic E-state index is -0.691. The van der Waals surface area contributed by atoms with Gasteiger partial charge in [0.05, 0.1) is 0 Å². The van der Waals surface area contributed by atoms with E-state index in [9.17, 15) is 4.79 Å². The number of hydrogen-bond donors (Lipinski definition) is 1. The fraction of sp³-hybridized carbons (Fsp3) is 0.929. The molecule has 0 aromatic carbocycles. The Kier molecular flexibility index (Phi) is 9.36. The Labute approximate surface area is 125 Å². The van der Waals surface area contributed by atoms with Crippen LogP contribution in [0, 0.1) is 0 Å². The van der Waals surface area contributed by atoms with Gasteiger partial charge in [-0.2, -0.15) is 0 Å². The molecule has 0 aromatic heterocycles. The van der Waals surface area contributed by atoms with Gasteiger partial charge in [-0.15, -0.1) is 0 Å². The fourth-order valence-electron chi connectivity index (χ4n) is 2.10. The lowest BCUT2D eigenvalue weighted by molar-refractivity contribution is 0.0843. The van der Waals surface area contributed by atoms with E-state index in [1.165, 1.54) is 0 Å². The molecule has 0 saturated heterocycles. The van der Waals surface area contributed by atoms with Gasteiger partial charge in [0, 0.05) is 6.54 Å². The monoisotopic (exact) mass is 289 g/mol. The van der Waals surface area contributed by atoms with Crippen molar-refractivity contribution in [1.29, 1.82) is 0 Å². The third kappa shape index (κ3) is 12.2. The molecule has 0 bridgehead atoms. The van der Waals surface area contributed by atoms with Crippen LogP contribution in [0.25, 0.3) is 0 Å². The maximum absolute atomic E-state index is 11.1. The first kappa shape index (κ1) is 17.2. The number of nitrogens with zero attached hydrogens (tertiary/aromatic N) is 3. The smallest absolute Gasteiger partial charge is 0.404 e. The summed E-state index contributed by atoms with van der Waals surface area (Å²) < 4.78 is 11.8. The molecule has 0 fully saturated rings. The van der Waals surface area contributed by atoms with Crippen molar-refractivity contribution in [3.05, 3.63) is 0 Å². The average Bonchev–Trinajstić information content (AvgIpc) is 2.37. The highest BCUT2D eigenvalue weighted by molar-refractivity contribution is 5.64. The number of carbonyl (C=O) groups excluding carboxylic acids is 1. The zero-order valence-corrected chi connectivity index (χ0v) is 13.7. The van der Waals surface area contributed by atoms with Crippen LogP contribution in [0.1, 0.15) is 19.8 Å². The minimum Gasteiger partial charge on any atom is -0.445 e. The molecule has 0 rings (SSSR count). The Morgan fingerprint density at radius 2 is 1.60 bits per heavy atom. The summed E-state index contributed by atoms with van der Waals surface area (Å²) in [6, 6.07) is 0. The molecule has 0 aliphatic carbocycles. The van der Waals surface area contributed by atoms with Gasteiger partial charge < -0.3 is 20.3 Å². The number of rotatable bonds is 11. The molecule has 1 unspecified atom stereocenters. The van der Waals surface area contributed by atoms with Gasteiger partial charge in [-0.05, 0) is 74.1 Å². The van der Waals surface area contributed by atoms with Crippen LogP contribution in [0.3, 0.4) is 0 Å². The van der Waals surface area contributed by atoms with Gasteiger partial charge in [0.25, 0.3) is 0 Å². The SMILES string of the molecule is [2H]NC(=O)OC(C)CN(CCCN(C)C)CCCN(C)C. The van der Waals surface area contributed by atoms with E-state index in [1.54, 1.807) is 5.73 Å². The Morgan fingerprint density at radius 1 is 1.10 bits per heavy atom. The van der Waals surface area contributed by atoms with Crippen LogP contribution in [0.5, 0.6) is 0 Å². The molecule has 0 heterocycles. The van der Waals surface area contributed by atoms with Gasteiger partial charge in [0.2, 0.25) is 0 Å². The molecule has 20 heavy (non-hydrogen) atoms. The third-order valence-electron chi connectivity index (χ3n) is 2.98. The molecule has 0 aliphatic rings. The normalized spacial score (nSPS) is 13.7. The number of nitrogens with two attached hydrogens (primary N) is 1. The van der Waals surface area contributed by atoms with Gasteiger partial charge in [-0.25, -0.2) is 4.79 Å². The zero-order chi connectivity index (χ0) is 16.3. The highest BCUT2D eigenvalue weighted by atomic mass is 16.6. The van der Waals surface area contributed by atoms with Crippen molar-refractivity contribution in [2.45, 2.75) is 25.9 Å². The lowest BCUT2D eigenvalue weighted by Crippen LogP contribution is -2.37. The van der Waals surface area contributed by atoms with E-state index < -0.39 is 6.09 Å². The number of primary amides is 1. The second kappa shape index (κ2) is 10.9. The van der Waals surface area contributed by atoms with E-state index in [4.69, 9.17) is 6.15 Å². The molecule has 6 heteroatoms. The largest absolute Gasteiger partial charge is 0.445 e. The van der Waals surface area contributed by atoms with E-state index in [0.717, 1.165) is 39.0 Å². The van der Waals surface area contributed by atoms with E-state index in [0.29, 0.717) is 6.54 Å². The summed E-state index contributed by atoms with van der Waals surface area (Å²) in [5, 5.41) is 0. The van der Waals surface area contributed by atoms with Crippen molar-refractivity contribution in [3.63, 3.8) is 0 Å². The van der Waals surface area contributed by atoms with Crippen molar-refractivity contribution < 1.29 is 10.9 Å². The van der Waals surface area contributed by atoms with Gasteiger partial charge in [0.1, 0.15) is 6.10 Å². The Hall–Kier alpha value is -0.850. The first-order chi connectivity index (χ1) is 9.85. The van der Waals surface area contributed by atoms with E-state index in [-0.39, 0.29) is 6.10 Å². The van der Waals surface area contributed by atoms with Crippen molar-refractivity contribution >= 4 is 6.09 Å². The first-order valence-electron chi connectivity index (χ1n) is 7.75. The topological polar surface area (TPSA) is 62.0 Å². The Bertz CT molecular complexity index is 264. The van der Waals surface area contributed by atoms with Crippen LogP contribution in [0.4, 0.5) is 4.79 Å². The Balaban J connectivity index is 4.18. The van der Waals surface area contributed by atoms with Crippen molar-refractivity contribution in [2.75, 3.05) is 60.9 Å². The first-order valence-corrected chi connectivity index (χ1v) is 7.25. The summed E-state index contributed by atoms with van der Waals surface area (Å²) in [4.78, 5) is 17.7. The van der Waals surface area contributed by atoms with E-state index >= 15 is 0 Å². The lowest BCUT2D eigenvalue weighted by Gasteiger charge is -2.26. The number of hydrogen-bond acceptors (Lipinski definition) is 5. The molecule has 2 N–H and O–H groups in total. The number of ether oxygens (including phenoxy) is 1. The van der Waals surface area contributed by atoms with Crippen LogP contribution in [-0.4, -0.2) is 87.8 Å². The molecular weight excluding hydrogens is 256 g/mol. The maximum atomic E-state index is 11.1. The van der Waals surface area contributed by atoms with Gasteiger partial charge >= 0.3 is 6.09 Å². The highest BCUT2D eigenvalue weighted by Gasteiger charge is 2.12. The standard InChI is InChI=1S/C14H32N4O2/c1-13(20-14(15)19)12-18(10-6-8-16(2)3)11-7-9-17(4)5/h13H,6-12H2,1-5H3,(H2,15,19)/i/hD. The number of carbonyl (C=O) groups is 1. The second-order valence-electron chi connectivity index (χ2n) is 5.83. The molecule has 0 aliphatic heterocycles. The maximum Gasteiger partial charge on any atom is 0.404 e.